The van der Waals surface area contributed by atoms with Crippen LogP contribution in [0.25, 0.3) is 0 Å². The number of methoxy groups -OCH3 is 1. The molecule has 0 unspecified atom stereocenters. The van der Waals surface area contributed by atoms with Crippen molar-refractivity contribution in [2.75, 3.05) is 38.8 Å². The van der Waals surface area contributed by atoms with E-state index in [1.165, 1.54) is 6.07 Å². The number of hydrogen-bond donors (Lipinski definition) is 1. The third-order valence-electron chi connectivity index (χ3n) is 2.85. The van der Waals surface area contributed by atoms with Crippen molar-refractivity contribution in [3.63, 3.8) is 0 Å². The molecule has 0 saturated carbocycles. The van der Waals surface area contributed by atoms with Gasteiger partial charge in [0.1, 0.15) is 5.82 Å². The molecule has 0 aliphatic rings. The van der Waals surface area contributed by atoms with Crippen molar-refractivity contribution in [3.8, 4) is 0 Å². The standard InChI is InChI=1S/C14H23FN2O/c1-4-9-17(2)14-7-5-6-13(15)12(14)11-16-8-10-18-3/h5-7,16H,4,8-11H2,1-3H3. The maximum Gasteiger partial charge on any atom is 0.129 e. The molecule has 3 nitrogen and oxygen atoms in total. The van der Waals surface area contributed by atoms with Crippen LogP contribution < -0.4 is 10.2 Å². The molecule has 0 amide bonds. The molecule has 0 saturated heterocycles. The van der Waals surface area contributed by atoms with Gasteiger partial charge in [0.2, 0.25) is 0 Å². The molecule has 18 heavy (non-hydrogen) atoms. The summed E-state index contributed by atoms with van der Waals surface area (Å²) in [6.07, 6.45) is 1.05. The molecular formula is C14H23FN2O. The zero-order valence-corrected chi connectivity index (χ0v) is 11.5. The Labute approximate surface area is 109 Å². The van der Waals surface area contributed by atoms with E-state index in [0.29, 0.717) is 13.2 Å². The van der Waals surface area contributed by atoms with Crippen LogP contribution in [0.15, 0.2) is 18.2 Å². The second-order valence-corrected chi connectivity index (χ2v) is 4.33. The Morgan fingerprint density at radius 1 is 1.39 bits per heavy atom. The quantitative estimate of drug-likeness (QED) is 0.721. The number of rotatable bonds is 8. The predicted octanol–water partition coefficient (Wildman–Crippen LogP) is 2.41. The van der Waals surface area contributed by atoms with Crippen molar-refractivity contribution in [3.05, 3.63) is 29.6 Å². The first-order valence-corrected chi connectivity index (χ1v) is 6.38. The van der Waals surface area contributed by atoms with E-state index in [0.717, 1.165) is 30.8 Å². The van der Waals surface area contributed by atoms with Crippen molar-refractivity contribution >= 4 is 5.69 Å². The summed E-state index contributed by atoms with van der Waals surface area (Å²) in [5.74, 6) is -0.152. The van der Waals surface area contributed by atoms with Crippen LogP contribution in [-0.4, -0.2) is 33.9 Å². The van der Waals surface area contributed by atoms with Crippen molar-refractivity contribution in [1.82, 2.24) is 5.32 Å². The lowest BCUT2D eigenvalue weighted by Gasteiger charge is -2.22. The van der Waals surface area contributed by atoms with E-state index in [9.17, 15) is 4.39 Å². The van der Waals surface area contributed by atoms with Crippen LogP contribution in [0.5, 0.6) is 0 Å². The normalized spacial score (nSPS) is 10.7. The van der Waals surface area contributed by atoms with E-state index < -0.39 is 0 Å². The summed E-state index contributed by atoms with van der Waals surface area (Å²) in [6, 6.07) is 5.23. The summed E-state index contributed by atoms with van der Waals surface area (Å²) in [7, 11) is 3.65. The molecule has 0 bridgehead atoms. The summed E-state index contributed by atoms with van der Waals surface area (Å²) in [5, 5.41) is 3.19. The topological polar surface area (TPSA) is 24.5 Å². The first kappa shape index (κ1) is 14.9. The molecule has 1 aromatic carbocycles. The summed E-state index contributed by atoms with van der Waals surface area (Å²) in [6.45, 7) is 4.93. The summed E-state index contributed by atoms with van der Waals surface area (Å²) in [5.41, 5.74) is 1.69. The van der Waals surface area contributed by atoms with Crippen LogP contribution >= 0.6 is 0 Å². The highest BCUT2D eigenvalue weighted by Gasteiger charge is 2.10. The molecule has 4 heteroatoms. The van der Waals surface area contributed by atoms with Crippen LogP contribution in [0.1, 0.15) is 18.9 Å². The van der Waals surface area contributed by atoms with E-state index in [1.807, 2.05) is 13.1 Å². The maximum absolute atomic E-state index is 13.9. The van der Waals surface area contributed by atoms with E-state index in [4.69, 9.17) is 4.74 Å². The Morgan fingerprint density at radius 2 is 2.17 bits per heavy atom. The molecule has 1 rings (SSSR count). The Morgan fingerprint density at radius 3 is 2.83 bits per heavy atom. The summed E-state index contributed by atoms with van der Waals surface area (Å²) >= 11 is 0. The fraction of sp³-hybridized carbons (Fsp3) is 0.571. The van der Waals surface area contributed by atoms with Crippen molar-refractivity contribution in [2.24, 2.45) is 0 Å². The van der Waals surface area contributed by atoms with E-state index in [1.54, 1.807) is 13.2 Å². The van der Waals surface area contributed by atoms with Crippen LogP contribution in [-0.2, 0) is 11.3 Å². The Kier molecular flexibility index (Phi) is 6.68. The number of ether oxygens (including phenoxy) is 1. The van der Waals surface area contributed by atoms with Crippen LogP contribution in [0.2, 0.25) is 0 Å². The van der Waals surface area contributed by atoms with Crippen molar-refractivity contribution in [1.29, 1.82) is 0 Å². The van der Waals surface area contributed by atoms with Crippen LogP contribution in [0, 0.1) is 5.82 Å². The predicted molar refractivity (Wildman–Crippen MR) is 73.5 cm³/mol. The Balaban J connectivity index is 2.73. The van der Waals surface area contributed by atoms with Gasteiger partial charge in [-0.15, -0.1) is 0 Å². The van der Waals surface area contributed by atoms with Gasteiger partial charge >= 0.3 is 0 Å². The highest BCUT2D eigenvalue weighted by Crippen LogP contribution is 2.22. The van der Waals surface area contributed by atoms with Crippen molar-refractivity contribution < 1.29 is 9.13 Å². The van der Waals surface area contributed by atoms with Gasteiger partial charge in [-0.3, -0.25) is 0 Å². The molecule has 0 aliphatic carbocycles. The molecule has 1 N–H and O–H groups in total. The van der Waals surface area contributed by atoms with Gasteiger partial charge in [-0.25, -0.2) is 4.39 Å². The lowest BCUT2D eigenvalue weighted by Crippen LogP contribution is -2.24. The van der Waals surface area contributed by atoms with Gasteiger partial charge in [-0.05, 0) is 18.6 Å². The number of benzene rings is 1. The summed E-state index contributed by atoms with van der Waals surface area (Å²) in [4.78, 5) is 2.09. The third-order valence-corrected chi connectivity index (χ3v) is 2.85. The fourth-order valence-electron chi connectivity index (χ4n) is 1.92. The molecule has 0 heterocycles. The molecule has 0 aromatic heterocycles. The van der Waals surface area contributed by atoms with Gasteiger partial charge in [0, 0.05) is 45.0 Å². The monoisotopic (exact) mass is 254 g/mol. The van der Waals surface area contributed by atoms with Crippen LogP contribution in [0.4, 0.5) is 10.1 Å². The lowest BCUT2D eigenvalue weighted by molar-refractivity contribution is 0.199. The first-order chi connectivity index (χ1) is 8.70. The molecule has 0 fully saturated rings. The van der Waals surface area contributed by atoms with E-state index >= 15 is 0 Å². The Bertz CT molecular complexity index is 358. The third kappa shape index (κ3) is 4.27. The molecule has 0 radical (unpaired) electrons. The number of nitrogens with one attached hydrogen (secondary N) is 1. The highest BCUT2D eigenvalue weighted by atomic mass is 19.1. The smallest absolute Gasteiger partial charge is 0.129 e. The van der Waals surface area contributed by atoms with Crippen molar-refractivity contribution in [2.45, 2.75) is 19.9 Å². The van der Waals surface area contributed by atoms with E-state index in [-0.39, 0.29) is 5.82 Å². The van der Waals surface area contributed by atoms with E-state index in [2.05, 4.69) is 17.1 Å². The molecule has 0 spiro atoms. The van der Waals surface area contributed by atoms with Gasteiger partial charge < -0.3 is 15.0 Å². The second kappa shape index (κ2) is 8.06. The molecule has 1 aromatic rings. The number of halogens is 1. The largest absolute Gasteiger partial charge is 0.383 e. The number of anilines is 1. The maximum atomic E-state index is 13.9. The SMILES string of the molecule is CCCN(C)c1cccc(F)c1CNCCOC. The average Bonchev–Trinajstić information content (AvgIpc) is 2.36. The lowest BCUT2D eigenvalue weighted by atomic mass is 10.1. The number of nitrogens with zero attached hydrogens (tertiary/aromatic N) is 1. The zero-order valence-electron chi connectivity index (χ0n) is 11.5. The van der Waals surface area contributed by atoms with Crippen LogP contribution in [0.3, 0.4) is 0 Å². The fourth-order valence-corrected chi connectivity index (χ4v) is 1.92. The van der Waals surface area contributed by atoms with Gasteiger partial charge in [0.05, 0.1) is 6.61 Å². The van der Waals surface area contributed by atoms with Gasteiger partial charge in [0.25, 0.3) is 0 Å². The average molecular weight is 254 g/mol. The minimum Gasteiger partial charge on any atom is -0.383 e. The second-order valence-electron chi connectivity index (χ2n) is 4.33. The van der Waals surface area contributed by atoms with Gasteiger partial charge in [-0.1, -0.05) is 13.0 Å². The molecule has 102 valence electrons. The molecular weight excluding hydrogens is 231 g/mol. The first-order valence-electron chi connectivity index (χ1n) is 6.38. The highest BCUT2D eigenvalue weighted by molar-refractivity contribution is 5.53. The molecule has 0 atom stereocenters. The number of hydrogen-bond acceptors (Lipinski definition) is 3. The Hall–Kier alpha value is -1.13. The molecule has 0 aliphatic heterocycles. The van der Waals surface area contributed by atoms with Gasteiger partial charge in [-0.2, -0.15) is 0 Å². The minimum atomic E-state index is -0.152. The zero-order chi connectivity index (χ0) is 13.4. The van der Waals surface area contributed by atoms with Gasteiger partial charge in [0.15, 0.2) is 0 Å². The summed E-state index contributed by atoms with van der Waals surface area (Å²) < 4.78 is 18.8. The minimum absolute atomic E-state index is 0.152.